The smallest absolute Gasteiger partial charge is 0.234 e. The zero-order valence-electron chi connectivity index (χ0n) is 19.7. The fourth-order valence-electron chi connectivity index (χ4n) is 3.20. The van der Waals surface area contributed by atoms with E-state index in [1.54, 1.807) is 36.4 Å². The molecule has 0 bridgehead atoms. The molecule has 1 heterocycles. The lowest BCUT2D eigenvalue weighted by Gasteiger charge is -2.13. The summed E-state index contributed by atoms with van der Waals surface area (Å²) in [5, 5.41) is 13.4. The minimum Gasteiger partial charge on any atom is -0.495 e. The van der Waals surface area contributed by atoms with Crippen LogP contribution in [0.1, 0.15) is 12.2 Å². The first-order valence-electron chi connectivity index (χ1n) is 10.8. The van der Waals surface area contributed by atoms with Crippen LogP contribution >= 0.6 is 46.6 Å². The second kappa shape index (κ2) is 13.6. The Labute approximate surface area is 228 Å². The zero-order valence-corrected chi connectivity index (χ0v) is 22.8. The number of aromatic nitrogens is 3. The van der Waals surface area contributed by atoms with Crippen LogP contribution < -0.4 is 19.5 Å². The fourth-order valence-corrected chi connectivity index (χ4v) is 4.66. The topological polar surface area (TPSA) is 87.5 Å². The molecule has 0 aliphatic carbocycles. The predicted molar refractivity (Wildman–Crippen MR) is 144 cm³/mol. The van der Waals surface area contributed by atoms with Crippen molar-refractivity contribution >= 4 is 58.2 Å². The number of thioether (sulfide) groups is 1. The first-order chi connectivity index (χ1) is 17.4. The van der Waals surface area contributed by atoms with Crippen molar-refractivity contribution in [2.75, 3.05) is 31.9 Å². The normalized spacial score (nSPS) is 10.7. The highest BCUT2D eigenvalue weighted by Crippen LogP contribution is 2.36. The molecule has 3 rings (SSSR count). The van der Waals surface area contributed by atoms with Crippen molar-refractivity contribution in [1.29, 1.82) is 0 Å². The third-order valence-corrected chi connectivity index (χ3v) is 6.67. The third-order valence-electron chi connectivity index (χ3n) is 4.88. The Hall–Kier alpha value is -2.59. The molecule has 0 aliphatic heterocycles. The van der Waals surface area contributed by atoms with E-state index >= 15 is 0 Å². The number of halogens is 3. The average molecular weight is 572 g/mol. The van der Waals surface area contributed by atoms with Gasteiger partial charge in [-0.3, -0.25) is 4.79 Å². The van der Waals surface area contributed by atoms with E-state index in [-0.39, 0.29) is 11.7 Å². The van der Waals surface area contributed by atoms with Gasteiger partial charge in [0.1, 0.15) is 23.1 Å². The van der Waals surface area contributed by atoms with Crippen molar-refractivity contribution < 1.29 is 19.0 Å². The van der Waals surface area contributed by atoms with Crippen LogP contribution in [-0.4, -0.2) is 47.3 Å². The molecule has 0 saturated carbocycles. The highest BCUT2D eigenvalue weighted by atomic mass is 35.5. The number of amides is 1. The van der Waals surface area contributed by atoms with Gasteiger partial charge >= 0.3 is 0 Å². The van der Waals surface area contributed by atoms with Crippen LogP contribution in [0.3, 0.4) is 0 Å². The molecular weight excluding hydrogens is 547 g/mol. The summed E-state index contributed by atoms with van der Waals surface area (Å²) in [6, 6.07) is 8.30. The van der Waals surface area contributed by atoms with Gasteiger partial charge in [-0.15, -0.1) is 16.8 Å². The maximum atomic E-state index is 12.6. The van der Waals surface area contributed by atoms with Crippen molar-refractivity contribution in [3.8, 4) is 17.2 Å². The number of carbonyl (C=O) groups excluding carboxylic acids is 1. The van der Waals surface area contributed by atoms with E-state index in [2.05, 4.69) is 22.1 Å². The van der Waals surface area contributed by atoms with Crippen LogP contribution in [-0.2, 0) is 17.8 Å². The SMILES string of the molecule is C=CCn1c(CCCOc2ccc(Cl)cc2Cl)nnc1SCC(=O)Nc1cc(OC)c(Cl)cc1OC. The molecule has 0 saturated heterocycles. The minimum atomic E-state index is -0.245. The molecular formula is C24H25Cl3N4O4S. The number of methoxy groups -OCH3 is 2. The summed E-state index contributed by atoms with van der Waals surface area (Å²) in [6.07, 6.45) is 3.07. The van der Waals surface area contributed by atoms with Crippen LogP contribution in [0, 0.1) is 0 Å². The fraction of sp³-hybridized carbons (Fsp3) is 0.292. The minimum absolute atomic E-state index is 0.113. The molecule has 192 valence electrons. The van der Waals surface area contributed by atoms with Crippen molar-refractivity contribution in [2.45, 2.75) is 24.5 Å². The summed E-state index contributed by atoms with van der Waals surface area (Å²) >= 11 is 19.5. The van der Waals surface area contributed by atoms with Gasteiger partial charge in [-0.25, -0.2) is 0 Å². The van der Waals surface area contributed by atoms with E-state index in [1.807, 2.05) is 4.57 Å². The van der Waals surface area contributed by atoms with E-state index < -0.39 is 0 Å². The average Bonchev–Trinajstić information content (AvgIpc) is 3.24. The quantitative estimate of drug-likeness (QED) is 0.149. The number of allylic oxidation sites excluding steroid dienone is 1. The summed E-state index contributed by atoms with van der Waals surface area (Å²) in [5.74, 6) is 2.07. The second-order valence-electron chi connectivity index (χ2n) is 7.35. The van der Waals surface area contributed by atoms with Gasteiger partial charge in [0.25, 0.3) is 0 Å². The zero-order chi connectivity index (χ0) is 26.1. The highest BCUT2D eigenvalue weighted by molar-refractivity contribution is 7.99. The molecule has 1 aromatic heterocycles. The van der Waals surface area contributed by atoms with Crippen molar-refractivity contribution in [3.05, 3.63) is 63.9 Å². The van der Waals surface area contributed by atoms with Gasteiger partial charge < -0.3 is 24.1 Å². The first kappa shape index (κ1) is 28.0. The van der Waals surface area contributed by atoms with Crippen molar-refractivity contribution in [1.82, 2.24) is 14.8 Å². The maximum Gasteiger partial charge on any atom is 0.234 e. The Morgan fingerprint density at radius 2 is 1.83 bits per heavy atom. The van der Waals surface area contributed by atoms with Crippen LogP contribution in [0.5, 0.6) is 17.2 Å². The number of hydrogen-bond donors (Lipinski definition) is 1. The molecule has 0 atom stereocenters. The van der Waals surface area contributed by atoms with E-state index in [0.29, 0.717) is 69.2 Å². The van der Waals surface area contributed by atoms with Crippen LogP contribution in [0.4, 0.5) is 5.69 Å². The van der Waals surface area contributed by atoms with Crippen LogP contribution in [0.2, 0.25) is 15.1 Å². The number of anilines is 1. The lowest BCUT2D eigenvalue weighted by molar-refractivity contribution is -0.113. The number of nitrogens with zero attached hydrogens (tertiary/aromatic N) is 3. The highest BCUT2D eigenvalue weighted by Gasteiger charge is 2.16. The third kappa shape index (κ3) is 7.46. The molecule has 2 aromatic carbocycles. The molecule has 8 nitrogen and oxygen atoms in total. The monoisotopic (exact) mass is 570 g/mol. The number of benzene rings is 2. The lowest BCUT2D eigenvalue weighted by atomic mass is 10.2. The van der Waals surface area contributed by atoms with Crippen molar-refractivity contribution in [2.24, 2.45) is 0 Å². The molecule has 0 aliphatic rings. The van der Waals surface area contributed by atoms with Gasteiger partial charge in [0.15, 0.2) is 5.16 Å². The summed E-state index contributed by atoms with van der Waals surface area (Å²) in [6.45, 7) is 4.77. The molecule has 1 amide bonds. The Bertz CT molecular complexity index is 1220. The largest absolute Gasteiger partial charge is 0.495 e. The van der Waals surface area contributed by atoms with E-state index in [1.165, 1.54) is 26.0 Å². The van der Waals surface area contributed by atoms with Crippen LogP contribution in [0.25, 0.3) is 0 Å². The van der Waals surface area contributed by atoms with Gasteiger partial charge in [0.2, 0.25) is 5.91 Å². The summed E-state index contributed by atoms with van der Waals surface area (Å²) in [4.78, 5) is 12.6. The first-order valence-corrected chi connectivity index (χ1v) is 12.9. The second-order valence-corrected chi connectivity index (χ2v) is 9.54. The Balaban J connectivity index is 1.57. The number of rotatable bonds is 13. The predicted octanol–water partition coefficient (Wildman–Crippen LogP) is 6.18. The number of carbonyl (C=O) groups is 1. The molecule has 0 spiro atoms. The summed E-state index contributed by atoms with van der Waals surface area (Å²) < 4.78 is 18.2. The standard InChI is InChI=1S/C24H25Cl3N4O4S/c1-4-9-31-22(6-5-10-35-19-8-7-15(25)11-16(19)26)29-30-24(31)36-14-23(32)28-18-13-20(33-2)17(27)12-21(18)34-3/h4,7-8,11-13H,1,5-6,9-10,14H2,2-3H3,(H,28,32). The molecule has 12 heteroatoms. The van der Waals surface area contributed by atoms with Gasteiger partial charge in [0.05, 0.1) is 42.3 Å². The van der Waals surface area contributed by atoms with E-state index in [0.717, 1.165) is 5.82 Å². The summed E-state index contributed by atoms with van der Waals surface area (Å²) in [5.41, 5.74) is 0.457. The number of nitrogens with one attached hydrogen (secondary N) is 1. The molecule has 3 aromatic rings. The number of aryl methyl sites for hydroxylation is 1. The molecule has 0 unspecified atom stereocenters. The van der Waals surface area contributed by atoms with Gasteiger partial charge in [0, 0.05) is 30.1 Å². The van der Waals surface area contributed by atoms with E-state index in [4.69, 9.17) is 49.0 Å². The number of ether oxygens (including phenoxy) is 3. The Morgan fingerprint density at radius 3 is 2.53 bits per heavy atom. The van der Waals surface area contributed by atoms with Crippen LogP contribution in [0.15, 0.2) is 48.1 Å². The Morgan fingerprint density at radius 1 is 1.08 bits per heavy atom. The molecule has 0 fully saturated rings. The maximum absolute atomic E-state index is 12.6. The van der Waals surface area contributed by atoms with Gasteiger partial charge in [-0.2, -0.15) is 0 Å². The van der Waals surface area contributed by atoms with Crippen molar-refractivity contribution in [3.63, 3.8) is 0 Å². The molecule has 0 radical (unpaired) electrons. The van der Waals surface area contributed by atoms with E-state index in [9.17, 15) is 4.79 Å². The lowest BCUT2D eigenvalue weighted by Crippen LogP contribution is -2.15. The van der Waals surface area contributed by atoms with Gasteiger partial charge in [-0.05, 0) is 24.6 Å². The molecule has 36 heavy (non-hydrogen) atoms. The molecule has 1 N–H and O–H groups in total. The Kier molecular flexibility index (Phi) is 10.6. The van der Waals surface area contributed by atoms with Gasteiger partial charge in [-0.1, -0.05) is 52.6 Å². The summed E-state index contributed by atoms with van der Waals surface area (Å²) in [7, 11) is 3.00. The number of hydrogen-bond acceptors (Lipinski definition) is 7.